The molecule has 0 spiro atoms. The molecule has 0 bridgehead atoms. The van der Waals surface area contributed by atoms with Gasteiger partial charge in [-0.3, -0.25) is 4.90 Å². The predicted octanol–water partition coefficient (Wildman–Crippen LogP) is 1.26. The van der Waals surface area contributed by atoms with Gasteiger partial charge < -0.3 is 10.1 Å². The van der Waals surface area contributed by atoms with Crippen molar-refractivity contribution in [3.05, 3.63) is 11.6 Å². The summed E-state index contributed by atoms with van der Waals surface area (Å²) in [7, 11) is 0. The largest absolute Gasteiger partial charge is 0.379 e. The van der Waals surface area contributed by atoms with Crippen LogP contribution in [0.4, 0.5) is 0 Å². The van der Waals surface area contributed by atoms with E-state index >= 15 is 0 Å². The molecule has 2 heterocycles. The summed E-state index contributed by atoms with van der Waals surface area (Å²) < 4.78 is 5.58. The first-order valence-corrected chi connectivity index (χ1v) is 6.48. The van der Waals surface area contributed by atoms with Gasteiger partial charge in [0, 0.05) is 31.6 Å². The maximum absolute atomic E-state index is 5.58. The Bertz CT molecular complexity index is 252. The van der Waals surface area contributed by atoms with Crippen molar-refractivity contribution in [3.63, 3.8) is 0 Å². The van der Waals surface area contributed by atoms with Gasteiger partial charge >= 0.3 is 0 Å². The zero-order valence-electron chi connectivity index (χ0n) is 10.5. The molecule has 2 atom stereocenters. The molecule has 2 rings (SSSR count). The van der Waals surface area contributed by atoms with E-state index in [1.54, 1.807) is 5.57 Å². The standard InChI is InChI=1S/C13H24N2O/c1-3-14-13-10-16-9-12(13)8-15-6-4-11(2)5-7-15/h4,12-14H,3,5-10H2,1-2H3. The van der Waals surface area contributed by atoms with Crippen LogP contribution >= 0.6 is 0 Å². The Morgan fingerprint density at radius 2 is 2.38 bits per heavy atom. The molecular formula is C13H24N2O. The van der Waals surface area contributed by atoms with Gasteiger partial charge in [0.2, 0.25) is 0 Å². The highest BCUT2D eigenvalue weighted by Crippen LogP contribution is 2.18. The number of rotatable bonds is 4. The summed E-state index contributed by atoms with van der Waals surface area (Å²) in [5.41, 5.74) is 1.54. The van der Waals surface area contributed by atoms with E-state index in [4.69, 9.17) is 4.74 Å². The van der Waals surface area contributed by atoms with E-state index < -0.39 is 0 Å². The van der Waals surface area contributed by atoms with E-state index in [1.807, 2.05) is 0 Å². The fraction of sp³-hybridized carbons (Fsp3) is 0.846. The molecule has 0 aromatic carbocycles. The lowest BCUT2D eigenvalue weighted by atomic mass is 10.0. The van der Waals surface area contributed by atoms with Crippen molar-refractivity contribution in [3.8, 4) is 0 Å². The van der Waals surface area contributed by atoms with E-state index in [9.17, 15) is 0 Å². The molecule has 0 amide bonds. The van der Waals surface area contributed by atoms with Crippen molar-refractivity contribution in [2.24, 2.45) is 5.92 Å². The van der Waals surface area contributed by atoms with Crippen LogP contribution in [0, 0.1) is 5.92 Å². The SMILES string of the molecule is CCNC1COCC1CN1CC=C(C)CC1. The second kappa shape index (κ2) is 5.80. The Morgan fingerprint density at radius 1 is 1.50 bits per heavy atom. The van der Waals surface area contributed by atoms with Gasteiger partial charge in [0.1, 0.15) is 0 Å². The molecule has 1 N–H and O–H groups in total. The van der Waals surface area contributed by atoms with Gasteiger partial charge in [-0.2, -0.15) is 0 Å². The Balaban J connectivity index is 1.80. The summed E-state index contributed by atoms with van der Waals surface area (Å²) in [4.78, 5) is 2.55. The number of nitrogens with zero attached hydrogens (tertiary/aromatic N) is 1. The molecular weight excluding hydrogens is 200 g/mol. The van der Waals surface area contributed by atoms with Crippen LogP contribution in [-0.4, -0.2) is 50.3 Å². The fourth-order valence-electron chi connectivity index (χ4n) is 2.58. The van der Waals surface area contributed by atoms with Crippen LogP contribution in [0.5, 0.6) is 0 Å². The van der Waals surface area contributed by atoms with Crippen molar-refractivity contribution in [2.45, 2.75) is 26.3 Å². The zero-order valence-corrected chi connectivity index (χ0v) is 10.5. The number of nitrogens with one attached hydrogen (secondary N) is 1. The molecule has 16 heavy (non-hydrogen) atoms. The maximum atomic E-state index is 5.58. The molecule has 2 aliphatic heterocycles. The Kier molecular flexibility index (Phi) is 4.38. The number of hydrogen-bond acceptors (Lipinski definition) is 3. The minimum Gasteiger partial charge on any atom is -0.379 e. The van der Waals surface area contributed by atoms with Crippen LogP contribution in [-0.2, 0) is 4.74 Å². The fourth-order valence-corrected chi connectivity index (χ4v) is 2.58. The Labute approximate surface area is 98.8 Å². The molecule has 3 nitrogen and oxygen atoms in total. The lowest BCUT2D eigenvalue weighted by molar-refractivity contribution is 0.169. The summed E-state index contributed by atoms with van der Waals surface area (Å²) in [6.45, 7) is 10.8. The second-order valence-corrected chi connectivity index (χ2v) is 5.02. The first-order chi connectivity index (χ1) is 7.79. The summed E-state index contributed by atoms with van der Waals surface area (Å²) in [5, 5.41) is 3.53. The molecule has 92 valence electrons. The maximum Gasteiger partial charge on any atom is 0.0623 e. The summed E-state index contributed by atoms with van der Waals surface area (Å²) in [5.74, 6) is 0.673. The number of ether oxygens (including phenoxy) is 1. The van der Waals surface area contributed by atoms with Crippen molar-refractivity contribution in [1.82, 2.24) is 10.2 Å². The summed E-state index contributed by atoms with van der Waals surface area (Å²) in [6.07, 6.45) is 3.60. The normalized spacial score (nSPS) is 31.8. The monoisotopic (exact) mass is 224 g/mol. The molecule has 2 unspecified atom stereocenters. The first kappa shape index (κ1) is 12.1. The van der Waals surface area contributed by atoms with Crippen LogP contribution in [0.2, 0.25) is 0 Å². The van der Waals surface area contributed by atoms with E-state index in [0.717, 1.165) is 26.3 Å². The van der Waals surface area contributed by atoms with Crippen molar-refractivity contribution < 1.29 is 4.74 Å². The van der Waals surface area contributed by atoms with Crippen LogP contribution in [0.25, 0.3) is 0 Å². The van der Waals surface area contributed by atoms with Gasteiger partial charge in [-0.1, -0.05) is 18.6 Å². The topological polar surface area (TPSA) is 24.5 Å². The highest BCUT2D eigenvalue weighted by molar-refractivity contribution is 5.04. The van der Waals surface area contributed by atoms with Crippen molar-refractivity contribution >= 4 is 0 Å². The zero-order chi connectivity index (χ0) is 11.4. The Morgan fingerprint density at radius 3 is 3.06 bits per heavy atom. The third-order valence-corrected chi connectivity index (χ3v) is 3.68. The molecule has 0 aliphatic carbocycles. The minimum atomic E-state index is 0.567. The third kappa shape index (κ3) is 3.06. The molecule has 3 heteroatoms. The van der Waals surface area contributed by atoms with E-state index in [0.29, 0.717) is 12.0 Å². The molecule has 0 aromatic rings. The van der Waals surface area contributed by atoms with Crippen LogP contribution in [0.1, 0.15) is 20.3 Å². The van der Waals surface area contributed by atoms with Gasteiger partial charge in [0.25, 0.3) is 0 Å². The minimum absolute atomic E-state index is 0.567. The van der Waals surface area contributed by atoms with E-state index in [-0.39, 0.29) is 0 Å². The summed E-state index contributed by atoms with van der Waals surface area (Å²) in [6, 6.07) is 0.567. The van der Waals surface area contributed by atoms with Gasteiger partial charge in [-0.05, 0) is 19.9 Å². The second-order valence-electron chi connectivity index (χ2n) is 5.02. The van der Waals surface area contributed by atoms with Crippen molar-refractivity contribution in [1.29, 1.82) is 0 Å². The predicted molar refractivity (Wildman–Crippen MR) is 66.6 cm³/mol. The number of likely N-dealkylation sites (N-methyl/N-ethyl adjacent to an activating group) is 1. The lowest BCUT2D eigenvalue weighted by Crippen LogP contribution is -2.42. The molecule has 0 saturated carbocycles. The highest BCUT2D eigenvalue weighted by Gasteiger charge is 2.29. The quantitative estimate of drug-likeness (QED) is 0.728. The van der Waals surface area contributed by atoms with Crippen molar-refractivity contribution in [2.75, 3.05) is 39.4 Å². The molecule has 1 fully saturated rings. The average molecular weight is 224 g/mol. The van der Waals surface area contributed by atoms with Gasteiger partial charge in [-0.25, -0.2) is 0 Å². The summed E-state index contributed by atoms with van der Waals surface area (Å²) >= 11 is 0. The Hall–Kier alpha value is -0.380. The number of hydrogen-bond donors (Lipinski definition) is 1. The van der Waals surface area contributed by atoms with Gasteiger partial charge in [0.15, 0.2) is 0 Å². The molecule has 2 aliphatic rings. The third-order valence-electron chi connectivity index (χ3n) is 3.68. The first-order valence-electron chi connectivity index (χ1n) is 6.48. The average Bonchev–Trinajstić information content (AvgIpc) is 2.70. The van der Waals surface area contributed by atoms with Crippen LogP contribution in [0.3, 0.4) is 0 Å². The van der Waals surface area contributed by atoms with Gasteiger partial charge in [0.05, 0.1) is 13.2 Å². The molecule has 0 aromatic heterocycles. The smallest absolute Gasteiger partial charge is 0.0623 e. The van der Waals surface area contributed by atoms with E-state index in [2.05, 4.69) is 30.1 Å². The molecule has 0 radical (unpaired) electrons. The van der Waals surface area contributed by atoms with E-state index in [1.165, 1.54) is 19.5 Å². The van der Waals surface area contributed by atoms with Gasteiger partial charge in [-0.15, -0.1) is 0 Å². The highest BCUT2D eigenvalue weighted by atomic mass is 16.5. The molecule has 1 saturated heterocycles. The van der Waals surface area contributed by atoms with Crippen LogP contribution in [0.15, 0.2) is 11.6 Å². The van der Waals surface area contributed by atoms with Crippen LogP contribution < -0.4 is 5.32 Å². The lowest BCUT2D eigenvalue weighted by Gasteiger charge is -2.29.